The van der Waals surface area contributed by atoms with Gasteiger partial charge >= 0.3 is 5.97 Å². The molecule has 1 aromatic carbocycles. The first-order valence-corrected chi connectivity index (χ1v) is 5.65. The Kier molecular flexibility index (Phi) is 2.93. The highest BCUT2D eigenvalue weighted by molar-refractivity contribution is 7.10. The zero-order valence-corrected chi connectivity index (χ0v) is 9.65. The molecule has 2 nitrogen and oxygen atoms in total. The predicted molar refractivity (Wildman–Crippen MR) is 61.4 cm³/mol. The highest BCUT2D eigenvalue weighted by Gasteiger charge is 2.19. The van der Waals surface area contributed by atoms with E-state index >= 15 is 0 Å². The van der Waals surface area contributed by atoms with Crippen LogP contribution in [0.25, 0.3) is 11.1 Å². The summed E-state index contributed by atoms with van der Waals surface area (Å²) in [7, 11) is 0. The lowest BCUT2D eigenvalue weighted by atomic mass is 10.0. The molecule has 0 aliphatic carbocycles. The molecule has 0 unspecified atom stereocenters. The number of carboxylic acid groups (broad SMARTS) is 1. The number of benzene rings is 1. The average molecular weight is 254 g/mol. The van der Waals surface area contributed by atoms with Crippen molar-refractivity contribution in [3.63, 3.8) is 0 Å². The number of hydrogen-bond donors (Lipinski definition) is 1. The molecule has 1 heterocycles. The number of carboxylic acids is 1. The second-order valence-electron chi connectivity index (χ2n) is 3.51. The molecule has 1 N–H and O–H groups in total. The van der Waals surface area contributed by atoms with Crippen LogP contribution in [0.4, 0.5) is 8.78 Å². The quantitative estimate of drug-likeness (QED) is 0.887. The molecule has 0 saturated carbocycles. The summed E-state index contributed by atoms with van der Waals surface area (Å²) in [6.07, 6.45) is 0. The summed E-state index contributed by atoms with van der Waals surface area (Å²) in [5.74, 6) is -2.56. The van der Waals surface area contributed by atoms with Crippen LogP contribution in [0, 0.1) is 18.6 Å². The van der Waals surface area contributed by atoms with Crippen LogP contribution in [0.2, 0.25) is 0 Å². The van der Waals surface area contributed by atoms with E-state index in [9.17, 15) is 13.6 Å². The highest BCUT2D eigenvalue weighted by Crippen LogP contribution is 2.34. The van der Waals surface area contributed by atoms with Crippen molar-refractivity contribution in [2.24, 2.45) is 0 Å². The third-order valence-corrected chi connectivity index (χ3v) is 3.32. The molecule has 0 amide bonds. The van der Waals surface area contributed by atoms with Crippen LogP contribution in [0.5, 0.6) is 0 Å². The molecule has 88 valence electrons. The Morgan fingerprint density at radius 3 is 2.65 bits per heavy atom. The van der Waals surface area contributed by atoms with Gasteiger partial charge in [0, 0.05) is 27.5 Å². The topological polar surface area (TPSA) is 37.3 Å². The summed E-state index contributed by atoms with van der Waals surface area (Å²) in [6, 6.07) is 3.12. The van der Waals surface area contributed by atoms with E-state index in [0.29, 0.717) is 10.4 Å². The maximum absolute atomic E-state index is 13.6. The molecule has 17 heavy (non-hydrogen) atoms. The van der Waals surface area contributed by atoms with Crippen LogP contribution in [-0.2, 0) is 0 Å². The zero-order chi connectivity index (χ0) is 12.6. The smallest absolute Gasteiger partial charge is 0.337 e. The summed E-state index contributed by atoms with van der Waals surface area (Å²) in [6.45, 7) is 1.70. The molecule has 0 aliphatic heterocycles. The Hall–Kier alpha value is -1.75. The van der Waals surface area contributed by atoms with Gasteiger partial charge in [0.25, 0.3) is 0 Å². The standard InChI is InChI=1S/C12H8F2O2S/c1-6-11(9(5-17-6)12(15)16)8-3-2-7(13)4-10(8)14/h2-5H,1H3,(H,15,16). The lowest BCUT2D eigenvalue weighted by Gasteiger charge is -2.04. The first-order valence-electron chi connectivity index (χ1n) is 4.77. The molecular weight excluding hydrogens is 246 g/mol. The molecule has 0 spiro atoms. The first kappa shape index (κ1) is 11.7. The van der Waals surface area contributed by atoms with E-state index < -0.39 is 17.6 Å². The fourth-order valence-electron chi connectivity index (χ4n) is 1.64. The Balaban J connectivity index is 2.67. The molecule has 2 rings (SSSR count). The van der Waals surface area contributed by atoms with Gasteiger partial charge in [-0.05, 0) is 19.1 Å². The molecule has 5 heteroatoms. The van der Waals surface area contributed by atoms with Gasteiger partial charge in [-0.3, -0.25) is 0 Å². The molecule has 0 bridgehead atoms. The Morgan fingerprint density at radius 2 is 2.06 bits per heavy atom. The van der Waals surface area contributed by atoms with Crippen molar-refractivity contribution in [1.29, 1.82) is 0 Å². The molecule has 0 radical (unpaired) electrons. The predicted octanol–water partition coefficient (Wildman–Crippen LogP) is 3.70. The minimum atomic E-state index is -1.12. The molecule has 2 aromatic rings. The monoisotopic (exact) mass is 254 g/mol. The lowest BCUT2D eigenvalue weighted by molar-refractivity contribution is 0.0698. The number of aromatic carboxylic acids is 1. The van der Waals surface area contributed by atoms with E-state index in [2.05, 4.69) is 0 Å². The van der Waals surface area contributed by atoms with Crippen molar-refractivity contribution in [2.45, 2.75) is 6.92 Å². The number of halogens is 2. The van der Waals surface area contributed by atoms with Crippen molar-refractivity contribution >= 4 is 17.3 Å². The molecular formula is C12H8F2O2S. The maximum atomic E-state index is 13.6. The zero-order valence-electron chi connectivity index (χ0n) is 8.83. The van der Waals surface area contributed by atoms with Crippen LogP contribution < -0.4 is 0 Å². The Labute approximate surface area is 100 Å². The van der Waals surface area contributed by atoms with E-state index in [0.717, 1.165) is 12.1 Å². The summed E-state index contributed by atoms with van der Waals surface area (Å²) in [5.41, 5.74) is 0.473. The number of carbonyl (C=O) groups is 1. The van der Waals surface area contributed by atoms with Crippen LogP contribution in [0.1, 0.15) is 15.2 Å². The van der Waals surface area contributed by atoms with E-state index in [1.165, 1.54) is 22.8 Å². The summed E-state index contributed by atoms with van der Waals surface area (Å²) >= 11 is 1.23. The van der Waals surface area contributed by atoms with Crippen LogP contribution in [0.15, 0.2) is 23.6 Å². The van der Waals surface area contributed by atoms with Gasteiger partial charge in [0.15, 0.2) is 0 Å². The third kappa shape index (κ3) is 2.06. The molecule has 0 aliphatic rings. The normalized spacial score (nSPS) is 10.5. The second-order valence-corrected chi connectivity index (χ2v) is 4.59. The molecule has 0 fully saturated rings. The molecule has 1 aromatic heterocycles. The van der Waals surface area contributed by atoms with E-state index in [1.807, 2.05) is 0 Å². The fraction of sp³-hybridized carbons (Fsp3) is 0.0833. The Bertz CT molecular complexity index is 590. The fourth-order valence-corrected chi connectivity index (χ4v) is 2.49. The van der Waals surface area contributed by atoms with Gasteiger partial charge in [0.2, 0.25) is 0 Å². The van der Waals surface area contributed by atoms with Gasteiger partial charge < -0.3 is 5.11 Å². The number of aryl methyl sites for hydroxylation is 1. The van der Waals surface area contributed by atoms with Crippen LogP contribution in [-0.4, -0.2) is 11.1 Å². The lowest BCUT2D eigenvalue weighted by Crippen LogP contribution is -1.98. The SMILES string of the molecule is Cc1scc(C(=O)O)c1-c1ccc(F)cc1F. The highest BCUT2D eigenvalue weighted by atomic mass is 32.1. The van der Waals surface area contributed by atoms with Gasteiger partial charge in [-0.1, -0.05) is 0 Å². The largest absolute Gasteiger partial charge is 0.478 e. The number of rotatable bonds is 2. The van der Waals surface area contributed by atoms with Gasteiger partial charge in [-0.15, -0.1) is 11.3 Å². The van der Waals surface area contributed by atoms with Gasteiger partial charge in [0.05, 0.1) is 5.56 Å². The van der Waals surface area contributed by atoms with Gasteiger partial charge in [-0.2, -0.15) is 0 Å². The van der Waals surface area contributed by atoms with E-state index in [1.54, 1.807) is 6.92 Å². The summed E-state index contributed by atoms with van der Waals surface area (Å²) in [5, 5.41) is 10.5. The molecule has 0 atom stereocenters. The van der Waals surface area contributed by atoms with Gasteiger partial charge in [0.1, 0.15) is 11.6 Å². The second kappa shape index (κ2) is 4.25. The maximum Gasteiger partial charge on any atom is 0.337 e. The van der Waals surface area contributed by atoms with E-state index in [-0.39, 0.29) is 11.1 Å². The summed E-state index contributed by atoms with van der Waals surface area (Å²) in [4.78, 5) is 11.7. The van der Waals surface area contributed by atoms with Crippen molar-refractivity contribution in [3.05, 3.63) is 45.7 Å². The molecule has 0 saturated heterocycles. The van der Waals surface area contributed by atoms with Crippen molar-refractivity contribution in [3.8, 4) is 11.1 Å². The van der Waals surface area contributed by atoms with Crippen LogP contribution in [0.3, 0.4) is 0 Å². The van der Waals surface area contributed by atoms with Crippen molar-refractivity contribution in [2.75, 3.05) is 0 Å². The van der Waals surface area contributed by atoms with E-state index in [4.69, 9.17) is 5.11 Å². The average Bonchev–Trinajstić information content (AvgIpc) is 2.60. The van der Waals surface area contributed by atoms with Gasteiger partial charge in [-0.25, -0.2) is 13.6 Å². The Morgan fingerprint density at radius 1 is 1.35 bits per heavy atom. The van der Waals surface area contributed by atoms with Crippen molar-refractivity contribution in [1.82, 2.24) is 0 Å². The number of thiophene rings is 1. The summed E-state index contributed by atoms with van der Waals surface area (Å²) < 4.78 is 26.4. The van der Waals surface area contributed by atoms with Crippen LogP contribution >= 0.6 is 11.3 Å². The minimum Gasteiger partial charge on any atom is -0.478 e. The first-order chi connectivity index (χ1) is 8.00. The van der Waals surface area contributed by atoms with Crippen molar-refractivity contribution < 1.29 is 18.7 Å². The minimum absolute atomic E-state index is 0.0398. The third-order valence-electron chi connectivity index (χ3n) is 2.41. The number of hydrogen-bond acceptors (Lipinski definition) is 2.